The Kier molecular flexibility index (Phi) is 5.76. The fraction of sp³-hybridized carbons (Fsp3) is 0.125. The lowest BCUT2D eigenvalue weighted by Crippen LogP contribution is -2.08. The molecule has 4 rings (SSSR count). The molecule has 0 bridgehead atoms. The van der Waals surface area contributed by atoms with Gasteiger partial charge in [0, 0.05) is 18.0 Å². The van der Waals surface area contributed by atoms with Gasteiger partial charge in [-0.3, -0.25) is 4.98 Å². The van der Waals surface area contributed by atoms with E-state index < -0.39 is 0 Å². The summed E-state index contributed by atoms with van der Waals surface area (Å²) in [6, 6.07) is 20.8. The monoisotopic (exact) mass is 384 g/mol. The van der Waals surface area contributed by atoms with Gasteiger partial charge < -0.3 is 9.15 Å². The number of aromatic nitrogens is 2. The predicted octanol–water partition coefficient (Wildman–Crippen LogP) is 5.19. The van der Waals surface area contributed by atoms with Crippen LogP contribution in [-0.2, 0) is 11.2 Å². The molecule has 29 heavy (non-hydrogen) atoms. The summed E-state index contributed by atoms with van der Waals surface area (Å²) in [6.07, 6.45) is 6.77. The van der Waals surface area contributed by atoms with Crippen LogP contribution in [0, 0.1) is 0 Å². The van der Waals surface area contributed by atoms with E-state index in [0.29, 0.717) is 29.4 Å². The van der Waals surface area contributed by atoms with Crippen LogP contribution in [0.1, 0.15) is 22.3 Å². The maximum absolute atomic E-state index is 12.6. The Balaban J connectivity index is 1.44. The number of aryl methyl sites for hydroxylation is 1. The van der Waals surface area contributed by atoms with Crippen LogP contribution in [0.25, 0.3) is 22.8 Å². The molecular weight excluding hydrogens is 364 g/mol. The molecule has 2 heterocycles. The van der Waals surface area contributed by atoms with E-state index in [9.17, 15) is 4.79 Å². The second kappa shape index (κ2) is 8.97. The highest BCUT2D eigenvalue weighted by Gasteiger charge is 2.18. The molecule has 0 atom stereocenters. The number of carbonyl (C=O) groups excluding carboxylic acids is 1. The zero-order chi connectivity index (χ0) is 19.9. The van der Waals surface area contributed by atoms with Gasteiger partial charge in [-0.25, -0.2) is 9.78 Å². The van der Waals surface area contributed by atoms with Crippen LogP contribution in [0.5, 0.6) is 0 Å². The molecule has 2 aromatic heterocycles. The zero-order valence-electron chi connectivity index (χ0n) is 15.8. The van der Waals surface area contributed by atoms with E-state index in [1.54, 1.807) is 30.7 Å². The van der Waals surface area contributed by atoms with E-state index in [4.69, 9.17) is 9.15 Å². The number of oxazole rings is 1. The highest BCUT2D eigenvalue weighted by molar-refractivity contribution is 5.96. The Morgan fingerprint density at radius 3 is 2.52 bits per heavy atom. The van der Waals surface area contributed by atoms with E-state index in [0.717, 1.165) is 18.4 Å². The van der Waals surface area contributed by atoms with Gasteiger partial charge in [0.15, 0.2) is 5.76 Å². The molecule has 144 valence electrons. The van der Waals surface area contributed by atoms with Crippen LogP contribution < -0.4 is 0 Å². The van der Waals surface area contributed by atoms with Crippen LogP contribution in [0.4, 0.5) is 0 Å². The zero-order valence-corrected chi connectivity index (χ0v) is 15.8. The number of carbonyl (C=O) groups is 1. The van der Waals surface area contributed by atoms with Gasteiger partial charge in [-0.15, -0.1) is 0 Å². The van der Waals surface area contributed by atoms with Crippen LogP contribution in [-0.4, -0.2) is 22.5 Å². The number of rotatable bonds is 7. The summed E-state index contributed by atoms with van der Waals surface area (Å²) in [5, 5.41) is 0. The van der Waals surface area contributed by atoms with Crippen molar-refractivity contribution >= 4 is 5.97 Å². The van der Waals surface area contributed by atoms with E-state index in [1.165, 1.54) is 5.56 Å². The molecule has 0 radical (unpaired) electrons. The van der Waals surface area contributed by atoms with Crippen molar-refractivity contribution in [3.8, 4) is 22.8 Å². The first-order valence-corrected chi connectivity index (χ1v) is 9.48. The van der Waals surface area contributed by atoms with Crippen molar-refractivity contribution in [1.82, 2.24) is 9.97 Å². The SMILES string of the molecule is O=C(OCCCc1ccncc1)c1ccccc1-c1ncc(-c2ccccc2)o1. The molecule has 0 aliphatic heterocycles. The molecule has 0 fully saturated rings. The first-order chi connectivity index (χ1) is 14.3. The van der Waals surface area contributed by atoms with E-state index >= 15 is 0 Å². The van der Waals surface area contributed by atoms with Crippen molar-refractivity contribution in [3.05, 3.63) is 96.4 Å². The maximum Gasteiger partial charge on any atom is 0.338 e. The van der Waals surface area contributed by atoms with Gasteiger partial charge in [0.25, 0.3) is 0 Å². The quantitative estimate of drug-likeness (QED) is 0.324. The molecule has 5 nitrogen and oxygen atoms in total. The lowest BCUT2D eigenvalue weighted by atomic mass is 10.1. The average Bonchev–Trinajstić information content (AvgIpc) is 3.28. The van der Waals surface area contributed by atoms with E-state index in [2.05, 4.69) is 9.97 Å². The Bertz CT molecular complexity index is 1080. The van der Waals surface area contributed by atoms with Gasteiger partial charge in [0.1, 0.15) is 0 Å². The molecule has 0 spiro atoms. The Morgan fingerprint density at radius 2 is 1.69 bits per heavy atom. The molecular formula is C24H20N2O3. The number of esters is 1. The third kappa shape index (κ3) is 4.58. The number of benzene rings is 2. The third-order valence-corrected chi connectivity index (χ3v) is 4.53. The molecule has 2 aromatic carbocycles. The topological polar surface area (TPSA) is 65.2 Å². The van der Waals surface area contributed by atoms with Gasteiger partial charge in [-0.05, 0) is 42.7 Å². The largest absolute Gasteiger partial charge is 0.462 e. The summed E-state index contributed by atoms with van der Waals surface area (Å²) in [6.45, 7) is 0.344. The van der Waals surface area contributed by atoms with Crippen LogP contribution >= 0.6 is 0 Å². The van der Waals surface area contributed by atoms with E-state index in [1.807, 2.05) is 54.6 Å². The average molecular weight is 384 g/mol. The van der Waals surface area contributed by atoms with Crippen molar-refractivity contribution in [2.45, 2.75) is 12.8 Å². The first-order valence-electron chi connectivity index (χ1n) is 9.48. The minimum Gasteiger partial charge on any atom is -0.462 e. The minimum absolute atomic E-state index is 0.344. The third-order valence-electron chi connectivity index (χ3n) is 4.53. The summed E-state index contributed by atoms with van der Waals surface area (Å²) in [7, 11) is 0. The minimum atomic E-state index is -0.380. The lowest BCUT2D eigenvalue weighted by molar-refractivity contribution is 0.0501. The highest BCUT2D eigenvalue weighted by atomic mass is 16.5. The standard InChI is InChI=1S/C24H20N2O3/c27-24(28-16-6-7-18-12-14-25-15-13-18)21-11-5-4-10-20(21)23-26-17-22(29-23)19-8-2-1-3-9-19/h1-5,8-15,17H,6-7,16H2. The van der Waals surface area contributed by atoms with Crippen molar-refractivity contribution < 1.29 is 13.9 Å². The van der Waals surface area contributed by atoms with Crippen LogP contribution in [0.2, 0.25) is 0 Å². The maximum atomic E-state index is 12.6. The van der Waals surface area contributed by atoms with Crippen molar-refractivity contribution in [2.75, 3.05) is 6.61 Å². The number of nitrogens with zero attached hydrogens (tertiary/aromatic N) is 2. The number of pyridine rings is 1. The number of hydrogen-bond acceptors (Lipinski definition) is 5. The molecule has 0 saturated heterocycles. The van der Waals surface area contributed by atoms with Gasteiger partial charge in [0.05, 0.1) is 23.9 Å². The predicted molar refractivity (Wildman–Crippen MR) is 110 cm³/mol. The second-order valence-electron chi connectivity index (χ2n) is 6.54. The molecule has 0 N–H and O–H groups in total. The smallest absolute Gasteiger partial charge is 0.338 e. The fourth-order valence-corrected chi connectivity index (χ4v) is 3.05. The number of hydrogen-bond donors (Lipinski definition) is 0. The Morgan fingerprint density at radius 1 is 0.931 bits per heavy atom. The number of ether oxygens (including phenoxy) is 1. The Labute approximate surface area is 169 Å². The Hall–Kier alpha value is -3.73. The van der Waals surface area contributed by atoms with Crippen LogP contribution in [0.3, 0.4) is 0 Å². The molecule has 0 aliphatic rings. The summed E-state index contributed by atoms with van der Waals surface area (Å²) in [4.78, 5) is 21.0. The summed E-state index contributed by atoms with van der Waals surface area (Å²) < 4.78 is 11.4. The molecule has 0 amide bonds. The van der Waals surface area contributed by atoms with Crippen molar-refractivity contribution in [3.63, 3.8) is 0 Å². The first kappa shape index (κ1) is 18.6. The molecule has 0 saturated carbocycles. The lowest BCUT2D eigenvalue weighted by Gasteiger charge is -2.08. The van der Waals surface area contributed by atoms with Gasteiger partial charge >= 0.3 is 5.97 Å². The summed E-state index contributed by atoms with van der Waals surface area (Å²) in [5.74, 6) is 0.670. The molecule has 4 aromatic rings. The molecule has 5 heteroatoms. The normalized spacial score (nSPS) is 10.6. The summed E-state index contributed by atoms with van der Waals surface area (Å²) in [5.41, 5.74) is 3.17. The summed E-state index contributed by atoms with van der Waals surface area (Å²) >= 11 is 0. The van der Waals surface area contributed by atoms with Gasteiger partial charge in [-0.1, -0.05) is 42.5 Å². The van der Waals surface area contributed by atoms with Gasteiger partial charge in [0.2, 0.25) is 5.89 Å². The van der Waals surface area contributed by atoms with E-state index in [-0.39, 0.29) is 5.97 Å². The molecule has 0 unspecified atom stereocenters. The van der Waals surface area contributed by atoms with Crippen LogP contribution in [0.15, 0.2) is 89.7 Å². The van der Waals surface area contributed by atoms with Crippen molar-refractivity contribution in [2.24, 2.45) is 0 Å². The fourth-order valence-electron chi connectivity index (χ4n) is 3.05. The molecule has 0 aliphatic carbocycles. The van der Waals surface area contributed by atoms with Crippen molar-refractivity contribution in [1.29, 1.82) is 0 Å². The highest BCUT2D eigenvalue weighted by Crippen LogP contribution is 2.28. The van der Waals surface area contributed by atoms with Gasteiger partial charge in [-0.2, -0.15) is 0 Å². The second-order valence-corrected chi connectivity index (χ2v) is 6.54.